The zero-order valence-corrected chi connectivity index (χ0v) is 13.0. The van der Waals surface area contributed by atoms with Crippen LogP contribution in [0.25, 0.3) is 11.0 Å². The van der Waals surface area contributed by atoms with Crippen LogP contribution in [-0.4, -0.2) is 20.9 Å². The fraction of sp³-hybridized carbons (Fsp3) is 0.222. The van der Waals surface area contributed by atoms with Crippen LogP contribution < -0.4 is 0 Å². The molecule has 0 aliphatic heterocycles. The van der Waals surface area contributed by atoms with E-state index in [-0.39, 0.29) is 11.3 Å². The van der Waals surface area contributed by atoms with E-state index in [1.165, 1.54) is 0 Å². The van der Waals surface area contributed by atoms with Crippen molar-refractivity contribution in [1.82, 2.24) is 9.55 Å². The molecule has 4 nitrogen and oxygen atoms in total. The van der Waals surface area contributed by atoms with Crippen molar-refractivity contribution >= 4 is 22.9 Å². The van der Waals surface area contributed by atoms with Crippen LogP contribution in [0.3, 0.4) is 0 Å². The molecule has 112 valence electrons. The lowest BCUT2D eigenvalue weighted by Gasteiger charge is -2.21. The molecule has 0 aliphatic carbocycles. The maximum atomic E-state index is 9.27. The minimum atomic E-state index is 0.00553. The molecule has 2 aromatic carbocycles. The number of aromatic nitrogens is 2. The second-order valence-electron chi connectivity index (χ2n) is 6.31. The van der Waals surface area contributed by atoms with Gasteiger partial charge in [0.25, 0.3) is 0 Å². The van der Waals surface area contributed by atoms with Crippen LogP contribution in [0.4, 0.5) is 5.69 Å². The first-order valence-corrected chi connectivity index (χ1v) is 7.24. The van der Waals surface area contributed by atoms with E-state index in [2.05, 4.69) is 41.4 Å². The van der Waals surface area contributed by atoms with E-state index in [4.69, 9.17) is 0 Å². The Morgan fingerprint density at radius 3 is 2.50 bits per heavy atom. The third-order valence-electron chi connectivity index (χ3n) is 3.51. The van der Waals surface area contributed by atoms with E-state index < -0.39 is 0 Å². The van der Waals surface area contributed by atoms with Gasteiger partial charge < -0.3 is 9.67 Å². The molecule has 4 heteroatoms. The summed E-state index contributed by atoms with van der Waals surface area (Å²) in [6.07, 6.45) is 3.65. The Balaban J connectivity index is 1.91. The summed E-state index contributed by atoms with van der Waals surface area (Å²) in [6.45, 7) is 6.47. The molecule has 1 N–H and O–H groups in total. The number of rotatable bonds is 2. The molecule has 1 heterocycles. The monoisotopic (exact) mass is 293 g/mol. The highest BCUT2D eigenvalue weighted by Gasteiger charge is 2.15. The standard InChI is InChI=1S/C18H19N3O/c1-18(2,3)21-12-20-16-10-14(6-9-17(16)21)19-11-13-4-7-15(22)8-5-13/h4-12,22H,1-3H3. The third-order valence-corrected chi connectivity index (χ3v) is 3.51. The summed E-state index contributed by atoms with van der Waals surface area (Å²) in [6, 6.07) is 13.0. The lowest BCUT2D eigenvalue weighted by molar-refractivity contribution is 0.408. The topological polar surface area (TPSA) is 50.4 Å². The zero-order valence-electron chi connectivity index (χ0n) is 13.0. The second-order valence-corrected chi connectivity index (χ2v) is 6.31. The molecule has 3 aromatic rings. The van der Waals surface area contributed by atoms with Gasteiger partial charge in [0.05, 0.1) is 23.0 Å². The number of aliphatic imine (C=N–C) groups is 1. The number of imidazole rings is 1. The lowest BCUT2D eigenvalue weighted by Crippen LogP contribution is -2.20. The molecule has 22 heavy (non-hydrogen) atoms. The van der Waals surface area contributed by atoms with Gasteiger partial charge in [0.15, 0.2) is 0 Å². The van der Waals surface area contributed by atoms with Gasteiger partial charge in [0.1, 0.15) is 5.75 Å². The maximum Gasteiger partial charge on any atom is 0.115 e. The molecule has 0 fully saturated rings. The Labute approximate surface area is 129 Å². The van der Waals surface area contributed by atoms with Gasteiger partial charge >= 0.3 is 0 Å². The summed E-state index contributed by atoms with van der Waals surface area (Å²) in [5, 5.41) is 9.27. The van der Waals surface area contributed by atoms with Crippen LogP contribution in [0.5, 0.6) is 5.75 Å². The molecule has 0 unspecified atom stereocenters. The number of hydrogen-bond acceptors (Lipinski definition) is 3. The summed E-state index contributed by atoms with van der Waals surface area (Å²) in [7, 11) is 0. The first-order chi connectivity index (χ1) is 10.4. The summed E-state index contributed by atoms with van der Waals surface area (Å²) in [5.74, 6) is 0.256. The first kappa shape index (κ1) is 14.3. The van der Waals surface area contributed by atoms with Crippen LogP contribution in [-0.2, 0) is 5.54 Å². The highest BCUT2D eigenvalue weighted by Crippen LogP contribution is 2.25. The van der Waals surface area contributed by atoms with Crippen molar-refractivity contribution < 1.29 is 5.11 Å². The summed E-state index contributed by atoms with van der Waals surface area (Å²) in [4.78, 5) is 8.94. The number of phenols is 1. The quantitative estimate of drug-likeness (QED) is 0.718. The van der Waals surface area contributed by atoms with Gasteiger partial charge in [-0.3, -0.25) is 4.99 Å². The van der Waals surface area contributed by atoms with Gasteiger partial charge in [-0.2, -0.15) is 0 Å². The normalized spacial score (nSPS) is 12.3. The molecule has 0 atom stereocenters. The van der Waals surface area contributed by atoms with Gasteiger partial charge in [-0.1, -0.05) is 0 Å². The molecule has 0 aliphatic rings. The molecule has 1 aromatic heterocycles. The minimum absolute atomic E-state index is 0.00553. The molecule has 0 saturated carbocycles. The smallest absolute Gasteiger partial charge is 0.115 e. The summed E-state index contributed by atoms with van der Waals surface area (Å²) < 4.78 is 2.16. The Morgan fingerprint density at radius 1 is 1.09 bits per heavy atom. The Morgan fingerprint density at radius 2 is 1.82 bits per heavy atom. The van der Waals surface area contributed by atoms with Crippen LogP contribution in [0.2, 0.25) is 0 Å². The molecule has 0 bridgehead atoms. The molecule has 3 rings (SSSR count). The molecular formula is C18H19N3O. The van der Waals surface area contributed by atoms with E-state index in [1.54, 1.807) is 18.3 Å². The Kier molecular flexibility index (Phi) is 3.45. The van der Waals surface area contributed by atoms with Crippen molar-refractivity contribution in [1.29, 1.82) is 0 Å². The number of aromatic hydroxyl groups is 1. The number of benzene rings is 2. The van der Waals surface area contributed by atoms with E-state index in [0.717, 1.165) is 22.3 Å². The summed E-state index contributed by atoms with van der Waals surface area (Å²) >= 11 is 0. The van der Waals surface area contributed by atoms with Gasteiger partial charge in [-0.15, -0.1) is 0 Å². The van der Waals surface area contributed by atoms with Gasteiger partial charge in [-0.05, 0) is 68.8 Å². The largest absolute Gasteiger partial charge is 0.508 e. The highest BCUT2D eigenvalue weighted by molar-refractivity contribution is 5.84. The van der Waals surface area contributed by atoms with E-state index in [9.17, 15) is 5.11 Å². The number of nitrogens with zero attached hydrogens (tertiary/aromatic N) is 3. The fourth-order valence-electron chi connectivity index (χ4n) is 2.33. The van der Waals surface area contributed by atoms with E-state index >= 15 is 0 Å². The second kappa shape index (κ2) is 5.30. The minimum Gasteiger partial charge on any atom is -0.508 e. The van der Waals surface area contributed by atoms with Crippen molar-refractivity contribution in [3.63, 3.8) is 0 Å². The molecule has 0 spiro atoms. The lowest BCUT2D eigenvalue weighted by atomic mass is 10.1. The first-order valence-electron chi connectivity index (χ1n) is 7.24. The zero-order chi connectivity index (χ0) is 15.7. The van der Waals surface area contributed by atoms with Crippen molar-refractivity contribution in [2.24, 2.45) is 4.99 Å². The fourth-order valence-corrected chi connectivity index (χ4v) is 2.33. The number of fused-ring (bicyclic) bond motifs is 1. The third kappa shape index (κ3) is 2.86. The van der Waals surface area contributed by atoms with Gasteiger partial charge in [-0.25, -0.2) is 4.98 Å². The Bertz CT molecular complexity index is 824. The molecular weight excluding hydrogens is 274 g/mol. The molecule has 0 saturated heterocycles. The average molecular weight is 293 g/mol. The van der Waals surface area contributed by atoms with Crippen LogP contribution >= 0.6 is 0 Å². The van der Waals surface area contributed by atoms with Crippen LogP contribution in [0.15, 0.2) is 53.8 Å². The van der Waals surface area contributed by atoms with Crippen LogP contribution in [0, 0.1) is 0 Å². The number of hydrogen-bond donors (Lipinski definition) is 1. The Hall–Kier alpha value is -2.62. The predicted octanol–water partition coefficient (Wildman–Crippen LogP) is 4.25. The average Bonchev–Trinajstić information content (AvgIpc) is 2.90. The van der Waals surface area contributed by atoms with Gasteiger partial charge in [0.2, 0.25) is 0 Å². The molecule has 0 amide bonds. The highest BCUT2D eigenvalue weighted by atomic mass is 16.3. The molecule has 0 radical (unpaired) electrons. The van der Waals surface area contributed by atoms with E-state index in [1.807, 2.05) is 30.6 Å². The predicted molar refractivity (Wildman–Crippen MR) is 90.1 cm³/mol. The summed E-state index contributed by atoms with van der Waals surface area (Å²) in [5.41, 5.74) is 3.86. The van der Waals surface area contributed by atoms with Crippen LogP contribution in [0.1, 0.15) is 26.3 Å². The SMILES string of the molecule is CC(C)(C)n1cnc2cc(N=Cc3ccc(O)cc3)ccc21. The van der Waals surface area contributed by atoms with Crippen molar-refractivity contribution in [2.45, 2.75) is 26.3 Å². The van der Waals surface area contributed by atoms with Gasteiger partial charge in [0, 0.05) is 11.8 Å². The van der Waals surface area contributed by atoms with Crippen molar-refractivity contribution in [2.75, 3.05) is 0 Å². The number of phenolic OH excluding ortho intramolecular Hbond substituents is 1. The van der Waals surface area contributed by atoms with E-state index in [0.29, 0.717) is 0 Å². The van der Waals surface area contributed by atoms with Crippen molar-refractivity contribution in [3.8, 4) is 5.75 Å². The maximum absolute atomic E-state index is 9.27. The van der Waals surface area contributed by atoms with Crippen molar-refractivity contribution in [3.05, 3.63) is 54.4 Å².